The number of hydrogen-bond donors (Lipinski definition) is 3. The molecule has 1 aliphatic carbocycles. The number of nitrogens with one attached hydrogen (secondary N) is 2. The molecule has 1 heterocycles. The average molecular weight is 232 g/mol. The minimum atomic E-state index is -0.815. The van der Waals surface area contributed by atoms with E-state index in [0.29, 0.717) is 17.5 Å². The second-order valence-electron chi connectivity index (χ2n) is 4.86. The van der Waals surface area contributed by atoms with Gasteiger partial charge in [0.05, 0.1) is 5.56 Å². The summed E-state index contributed by atoms with van der Waals surface area (Å²) in [5, 5.41) is 15.9. The van der Waals surface area contributed by atoms with Crippen LogP contribution in [0.3, 0.4) is 0 Å². The van der Waals surface area contributed by atoms with Gasteiger partial charge < -0.3 is 15.7 Å². The molecule has 17 heavy (non-hydrogen) atoms. The summed E-state index contributed by atoms with van der Waals surface area (Å²) in [4.78, 5) is 11.3. The monoisotopic (exact) mass is 232 g/mol. The van der Waals surface area contributed by atoms with Crippen LogP contribution in [-0.4, -0.2) is 30.7 Å². The van der Waals surface area contributed by atoms with Crippen molar-refractivity contribution in [1.82, 2.24) is 5.32 Å². The van der Waals surface area contributed by atoms with Crippen LogP contribution in [-0.2, 0) is 6.42 Å². The van der Waals surface area contributed by atoms with Gasteiger partial charge in [0.25, 0.3) is 0 Å². The fraction of sp³-hybridized carbons (Fsp3) is 0.462. The molecule has 0 fully saturated rings. The highest BCUT2D eigenvalue weighted by molar-refractivity contribution is 5.91. The highest BCUT2D eigenvalue weighted by atomic mass is 16.4. The lowest BCUT2D eigenvalue weighted by molar-refractivity contribution is 0.0695. The molecule has 0 saturated heterocycles. The van der Waals surface area contributed by atoms with Crippen LogP contribution in [0.1, 0.15) is 33.8 Å². The highest BCUT2D eigenvalue weighted by Gasteiger charge is 2.34. The number of rotatable bonds is 2. The van der Waals surface area contributed by atoms with E-state index in [9.17, 15) is 9.90 Å². The molecule has 2 atom stereocenters. The second kappa shape index (κ2) is 3.74. The number of carboxylic acid groups (broad SMARTS) is 1. The number of aromatic carboxylic acids is 1. The molecule has 3 N–H and O–H groups in total. The van der Waals surface area contributed by atoms with E-state index in [0.717, 1.165) is 30.6 Å². The molecule has 90 valence electrons. The van der Waals surface area contributed by atoms with Gasteiger partial charge in [-0.2, -0.15) is 0 Å². The van der Waals surface area contributed by atoms with Crippen LogP contribution in [0.2, 0.25) is 0 Å². The van der Waals surface area contributed by atoms with Gasteiger partial charge in [0, 0.05) is 24.2 Å². The summed E-state index contributed by atoms with van der Waals surface area (Å²) in [6, 6.07) is 4.02. The Morgan fingerprint density at radius 2 is 2.35 bits per heavy atom. The fourth-order valence-corrected chi connectivity index (χ4v) is 3.13. The number of carboxylic acids is 1. The van der Waals surface area contributed by atoms with E-state index >= 15 is 0 Å². The van der Waals surface area contributed by atoms with Gasteiger partial charge in [0.1, 0.15) is 0 Å². The topological polar surface area (TPSA) is 61.4 Å². The minimum Gasteiger partial charge on any atom is -0.478 e. The first-order valence-corrected chi connectivity index (χ1v) is 6.01. The number of hydrogen-bond acceptors (Lipinski definition) is 3. The Morgan fingerprint density at radius 3 is 3.06 bits per heavy atom. The summed E-state index contributed by atoms with van der Waals surface area (Å²) in [5.41, 5.74) is 3.87. The molecule has 0 amide bonds. The zero-order valence-electron chi connectivity index (χ0n) is 9.79. The molecule has 0 saturated carbocycles. The van der Waals surface area contributed by atoms with Gasteiger partial charge in [-0.15, -0.1) is 0 Å². The number of benzene rings is 1. The van der Waals surface area contributed by atoms with Crippen molar-refractivity contribution in [2.45, 2.75) is 24.8 Å². The largest absolute Gasteiger partial charge is 0.478 e. The SMILES string of the molecule is CNC1Cc2c(C(=O)O)ccc3c2C(CN3)C1. The van der Waals surface area contributed by atoms with E-state index in [1.807, 2.05) is 13.1 Å². The fourth-order valence-electron chi connectivity index (χ4n) is 3.13. The third-order valence-electron chi connectivity index (χ3n) is 3.96. The van der Waals surface area contributed by atoms with Crippen LogP contribution in [0.25, 0.3) is 0 Å². The van der Waals surface area contributed by atoms with Gasteiger partial charge in [-0.05, 0) is 43.1 Å². The van der Waals surface area contributed by atoms with E-state index in [1.54, 1.807) is 6.07 Å². The van der Waals surface area contributed by atoms with Gasteiger partial charge in [0.15, 0.2) is 0 Å². The van der Waals surface area contributed by atoms with Crippen LogP contribution in [0.5, 0.6) is 0 Å². The molecule has 4 heteroatoms. The van der Waals surface area contributed by atoms with Crippen molar-refractivity contribution in [3.05, 3.63) is 28.8 Å². The van der Waals surface area contributed by atoms with Crippen LogP contribution in [0.15, 0.2) is 12.1 Å². The molecule has 1 aliphatic heterocycles. The summed E-state index contributed by atoms with van der Waals surface area (Å²) in [7, 11) is 1.95. The van der Waals surface area contributed by atoms with Gasteiger partial charge in [-0.1, -0.05) is 0 Å². The standard InChI is InChI=1S/C13H16N2O2/c1-14-8-4-7-6-15-11-3-2-9(13(16)17)10(5-8)12(7)11/h2-3,7-8,14-15H,4-6H2,1H3,(H,16,17). The summed E-state index contributed by atoms with van der Waals surface area (Å²) in [6.45, 7) is 0.934. The summed E-state index contributed by atoms with van der Waals surface area (Å²) >= 11 is 0. The first kappa shape index (κ1) is 10.6. The molecule has 1 aromatic carbocycles. The zero-order valence-corrected chi connectivity index (χ0v) is 9.79. The first-order valence-electron chi connectivity index (χ1n) is 6.01. The molecule has 4 nitrogen and oxygen atoms in total. The van der Waals surface area contributed by atoms with E-state index in [1.165, 1.54) is 5.56 Å². The van der Waals surface area contributed by atoms with E-state index in [2.05, 4.69) is 10.6 Å². The molecule has 2 unspecified atom stereocenters. The average Bonchev–Trinajstić information content (AvgIpc) is 2.73. The van der Waals surface area contributed by atoms with Gasteiger partial charge in [0.2, 0.25) is 0 Å². The van der Waals surface area contributed by atoms with Gasteiger partial charge in [-0.25, -0.2) is 4.79 Å². The first-order chi connectivity index (χ1) is 8.20. The summed E-state index contributed by atoms with van der Waals surface area (Å²) in [6.07, 6.45) is 1.91. The van der Waals surface area contributed by atoms with Crippen molar-refractivity contribution >= 4 is 11.7 Å². The molecule has 1 aromatic rings. The van der Waals surface area contributed by atoms with Crippen molar-refractivity contribution in [3.63, 3.8) is 0 Å². The van der Waals surface area contributed by atoms with Crippen LogP contribution in [0, 0.1) is 0 Å². The van der Waals surface area contributed by atoms with Crippen LogP contribution >= 0.6 is 0 Å². The molecular weight excluding hydrogens is 216 g/mol. The zero-order chi connectivity index (χ0) is 12.0. The molecule has 0 bridgehead atoms. The Labute approximate surface area is 100 Å². The van der Waals surface area contributed by atoms with Crippen molar-refractivity contribution in [1.29, 1.82) is 0 Å². The van der Waals surface area contributed by atoms with Crippen LogP contribution < -0.4 is 10.6 Å². The smallest absolute Gasteiger partial charge is 0.335 e. The Balaban J connectivity index is 2.15. The molecule has 3 rings (SSSR count). The minimum absolute atomic E-state index is 0.390. The summed E-state index contributed by atoms with van der Waals surface area (Å²) in [5.74, 6) is -0.351. The molecule has 0 radical (unpaired) electrons. The maximum Gasteiger partial charge on any atom is 0.335 e. The Bertz CT molecular complexity index is 485. The predicted molar refractivity (Wildman–Crippen MR) is 65.8 cm³/mol. The highest BCUT2D eigenvalue weighted by Crippen LogP contribution is 2.42. The van der Waals surface area contributed by atoms with Crippen molar-refractivity contribution in [3.8, 4) is 0 Å². The Kier molecular flexibility index (Phi) is 2.33. The molecule has 2 aliphatic rings. The van der Waals surface area contributed by atoms with Gasteiger partial charge >= 0.3 is 5.97 Å². The predicted octanol–water partition coefficient (Wildman–Crippen LogP) is 1.43. The normalized spacial score (nSPS) is 25.2. The quantitative estimate of drug-likeness (QED) is 0.722. The van der Waals surface area contributed by atoms with Crippen molar-refractivity contribution in [2.24, 2.45) is 0 Å². The Morgan fingerprint density at radius 1 is 1.53 bits per heavy atom. The number of likely N-dealkylation sites (N-methyl/N-ethyl adjacent to an activating group) is 1. The third-order valence-corrected chi connectivity index (χ3v) is 3.96. The Hall–Kier alpha value is -1.55. The van der Waals surface area contributed by atoms with Crippen molar-refractivity contribution in [2.75, 3.05) is 18.9 Å². The van der Waals surface area contributed by atoms with Gasteiger partial charge in [-0.3, -0.25) is 0 Å². The van der Waals surface area contributed by atoms with Crippen molar-refractivity contribution < 1.29 is 9.90 Å². The van der Waals surface area contributed by atoms with Crippen LogP contribution in [0.4, 0.5) is 5.69 Å². The van der Waals surface area contributed by atoms with E-state index in [4.69, 9.17) is 0 Å². The summed E-state index contributed by atoms with van der Waals surface area (Å²) < 4.78 is 0. The maximum absolute atomic E-state index is 11.3. The third kappa shape index (κ3) is 1.52. The molecular formula is C13H16N2O2. The number of anilines is 1. The van der Waals surface area contributed by atoms with E-state index in [-0.39, 0.29) is 0 Å². The van der Waals surface area contributed by atoms with E-state index < -0.39 is 5.97 Å². The molecule has 0 aromatic heterocycles. The second-order valence-corrected chi connectivity index (χ2v) is 4.86. The lowest BCUT2D eigenvalue weighted by Gasteiger charge is -2.29. The lowest BCUT2D eigenvalue weighted by atomic mass is 9.79. The molecule has 0 spiro atoms. The lowest BCUT2D eigenvalue weighted by Crippen LogP contribution is -2.34. The maximum atomic E-state index is 11.3. The number of carbonyl (C=O) groups is 1.